The van der Waals surface area contributed by atoms with Gasteiger partial charge in [0.15, 0.2) is 0 Å². The van der Waals surface area contributed by atoms with Gasteiger partial charge in [-0.1, -0.05) is 30.3 Å². The minimum Gasteiger partial charge on any atom is -0.354 e. The van der Waals surface area contributed by atoms with Gasteiger partial charge in [0.2, 0.25) is 0 Å². The molecule has 0 aliphatic carbocycles. The van der Waals surface area contributed by atoms with E-state index in [1.807, 2.05) is 0 Å². The van der Waals surface area contributed by atoms with Gasteiger partial charge in [-0.2, -0.15) is 0 Å². The second kappa shape index (κ2) is 8.00. The lowest BCUT2D eigenvalue weighted by molar-refractivity contribution is 0.253. The maximum absolute atomic E-state index is 3.85. The van der Waals surface area contributed by atoms with Crippen molar-refractivity contribution in [3.8, 4) is 0 Å². The third-order valence-corrected chi connectivity index (χ3v) is 5.45. The highest BCUT2D eigenvalue weighted by molar-refractivity contribution is 5.18. The number of benzene rings is 1. The van der Waals surface area contributed by atoms with Crippen LogP contribution in [-0.4, -0.2) is 34.6 Å². The van der Waals surface area contributed by atoms with E-state index in [2.05, 4.69) is 84.3 Å². The molecule has 3 atom stereocenters. The molecule has 0 saturated carbocycles. The fourth-order valence-electron chi connectivity index (χ4n) is 3.82. The Morgan fingerprint density at radius 2 is 1.92 bits per heavy atom. The highest BCUT2D eigenvalue weighted by Gasteiger charge is 2.27. The molecule has 1 N–H and O–H groups in total. The number of nitrogens with zero attached hydrogens (tertiary/aromatic N) is 2. The van der Waals surface area contributed by atoms with Crippen molar-refractivity contribution in [3.63, 3.8) is 0 Å². The van der Waals surface area contributed by atoms with E-state index in [9.17, 15) is 0 Å². The molecule has 0 unspecified atom stereocenters. The van der Waals surface area contributed by atoms with Crippen LogP contribution >= 0.6 is 0 Å². The second-order valence-corrected chi connectivity index (χ2v) is 7.28. The van der Waals surface area contributed by atoms with Gasteiger partial charge in [0.25, 0.3) is 0 Å². The molecule has 1 aromatic heterocycles. The molecule has 3 nitrogen and oxygen atoms in total. The number of aryl methyl sites for hydroxylation is 2. The summed E-state index contributed by atoms with van der Waals surface area (Å²) < 4.78 is 2.23. The molecule has 0 bridgehead atoms. The van der Waals surface area contributed by atoms with Crippen LogP contribution in [0.1, 0.15) is 44.0 Å². The van der Waals surface area contributed by atoms with Crippen LogP contribution in [-0.2, 0) is 13.5 Å². The third kappa shape index (κ3) is 4.28. The van der Waals surface area contributed by atoms with E-state index in [0.717, 1.165) is 13.0 Å². The zero-order chi connectivity index (χ0) is 16.9. The molecule has 3 heteroatoms. The summed E-state index contributed by atoms with van der Waals surface area (Å²) in [5, 5.41) is 3.85. The number of aromatic nitrogens is 1. The molecule has 1 aliphatic rings. The van der Waals surface area contributed by atoms with E-state index in [4.69, 9.17) is 0 Å². The average Bonchev–Trinajstić information content (AvgIpc) is 3.22. The number of likely N-dealkylation sites (tertiary alicyclic amines) is 1. The van der Waals surface area contributed by atoms with Gasteiger partial charge in [-0.15, -0.1) is 0 Å². The first kappa shape index (κ1) is 17.2. The Morgan fingerprint density at radius 1 is 1.12 bits per heavy atom. The predicted octanol–water partition coefficient (Wildman–Crippen LogP) is 3.77. The molecule has 2 aromatic rings. The Hall–Kier alpha value is -1.58. The van der Waals surface area contributed by atoms with Gasteiger partial charge in [0.1, 0.15) is 0 Å². The van der Waals surface area contributed by atoms with E-state index in [-0.39, 0.29) is 0 Å². The summed E-state index contributed by atoms with van der Waals surface area (Å²) >= 11 is 0. The van der Waals surface area contributed by atoms with Crippen LogP contribution < -0.4 is 5.32 Å². The molecule has 1 fully saturated rings. The topological polar surface area (TPSA) is 20.2 Å². The van der Waals surface area contributed by atoms with Crippen LogP contribution in [0.25, 0.3) is 0 Å². The lowest BCUT2D eigenvalue weighted by Gasteiger charge is -2.25. The quantitative estimate of drug-likeness (QED) is 0.836. The smallest absolute Gasteiger partial charge is 0.0320 e. The Balaban J connectivity index is 1.45. The van der Waals surface area contributed by atoms with Gasteiger partial charge in [0.05, 0.1) is 0 Å². The summed E-state index contributed by atoms with van der Waals surface area (Å²) in [5.74, 6) is 0. The standard InChI is InChI=1S/C21H31N3/c1-17(11-12-21-10-7-14-23(21)3)22-20-13-15-24(16-20)18(2)19-8-5-4-6-9-19/h4-10,14,17-18,20,22H,11-13,15-16H2,1-3H3/t17-,18-,20-/m1/s1. The highest BCUT2D eigenvalue weighted by atomic mass is 15.2. The molecular formula is C21H31N3. The van der Waals surface area contributed by atoms with Crippen molar-refractivity contribution >= 4 is 0 Å². The number of hydrogen-bond acceptors (Lipinski definition) is 2. The van der Waals surface area contributed by atoms with Crippen molar-refractivity contribution in [2.45, 2.75) is 51.2 Å². The Labute approximate surface area is 146 Å². The fraction of sp³-hybridized carbons (Fsp3) is 0.524. The molecular weight excluding hydrogens is 294 g/mol. The summed E-state index contributed by atoms with van der Waals surface area (Å²) in [5.41, 5.74) is 2.85. The maximum Gasteiger partial charge on any atom is 0.0320 e. The molecule has 2 heterocycles. The first-order valence-corrected chi connectivity index (χ1v) is 9.28. The van der Waals surface area contributed by atoms with E-state index in [1.165, 1.54) is 30.6 Å². The number of rotatable bonds is 7. The minimum atomic E-state index is 0.511. The van der Waals surface area contributed by atoms with Crippen molar-refractivity contribution in [2.75, 3.05) is 13.1 Å². The Morgan fingerprint density at radius 3 is 2.62 bits per heavy atom. The van der Waals surface area contributed by atoms with E-state index in [1.54, 1.807) is 0 Å². The van der Waals surface area contributed by atoms with Crippen LogP contribution in [0.15, 0.2) is 48.7 Å². The monoisotopic (exact) mass is 325 g/mol. The molecule has 1 aliphatic heterocycles. The fourth-order valence-corrected chi connectivity index (χ4v) is 3.82. The van der Waals surface area contributed by atoms with Gasteiger partial charge >= 0.3 is 0 Å². The van der Waals surface area contributed by atoms with E-state index < -0.39 is 0 Å². The molecule has 0 spiro atoms. The zero-order valence-electron chi connectivity index (χ0n) is 15.3. The summed E-state index contributed by atoms with van der Waals surface area (Å²) in [6, 6.07) is 16.9. The van der Waals surface area contributed by atoms with Crippen molar-refractivity contribution in [3.05, 3.63) is 59.9 Å². The zero-order valence-corrected chi connectivity index (χ0v) is 15.3. The molecule has 130 valence electrons. The first-order chi connectivity index (χ1) is 11.6. The van der Waals surface area contributed by atoms with Crippen molar-refractivity contribution in [1.82, 2.24) is 14.8 Å². The largest absolute Gasteiger partial charge is 0.354 e. The van der Waals surface area contributed by atoms with Crippen LogP contribution in [0.5, 0.6) is 0 Å². The van der Waals surface area contributed by atoms with Gasteiger partial charge in [-0.25, -0.2) is 0 Å². The summed E-state index contributed by atoms with van der Waals surface area (Å²) in [7, 11) is 2.13. The lowest BCUT2D eigenvalue weighted by atomic mass is 10.1. The van der Waals surface area contributed by atoms with Crippen molar-refractivity contribution in [2.24, 2.45) is 7.05 Å². The number of nitrogens with one attached hydrogen (secondary N) is 1. The van der Waals surface area contributed by atoms with Gasteiger partial charge in [-0.3, -0.25) is 4.90 Å². The minimum absolute atomic E-state index is 0.511. The highest BCUT2D eigenvalue weighted by Crippen LogP contribution is 2.24. The van der Waals surface area contributed by atoms with Gasteiger partial charge < -0.3 is 9.88 Å². The van der Waals surface area contributed by atoms with E-state index >= 15 is 0 Å². The predicted molar refractivity (Wildman–Crippen MR) is 101 cm³/mol. The Bertz CT molecular complexity index is 619. The van der Waals surface area contributed by atoms with Crippen LogP contribution in [0.3, 0.4) is 0 Å². The van der Waals surface area contributed by atoms with Crippen LogP contribution in [0.2, 0.25) is 0 Å². The molecule has 0 radical (unpaired) electrons. The SMILES string of the molecule is C[C@H](CCc1cccn1C)N[C@@H]1CCN([C@H](C)c2ccccc2)C1. The number of hydrogen-bond donors (Lipinski definition) is 1. The summed E-state index contributed by atoms with van der Waals surface area (Å²) in [6.45, 7) is 7.01. The normalized spacial score (nSPS) is 21.0. The van der Waals surface area contributed by atoms with Gasteiger partial charge in [0, 0.05) is 50.2 Å². The van der Waals surface area contributed by atoms with Crippen LogP contribution in [0.4, 0.5) is 0 Å². The summed E-state index contributed by atoms with van der Waals surface area (Å²) in [6.07, 6.45) is 5.73. The Kier molecular flexibility index (Phi) is 5.75. The maximum atomic E-state index is 3.85. The average molecular weight is 326 g/mol. The first-order valence-electron chi connectivity index (χ1n) is 9.28. The summed E-state index contributed by atoms with van der Waals surface area (Å²) in [4.78, 5) is 2.61. The third-order valence-electron chi connectivity index (χ3n) is 5.45. The molecule has 3 rings (SSSR count). The van der Waals surface area contributed by atoms with Gasteiger partial charge in [-0.05, 0) is 50.8 Å². The molecule has 0 amide bonds. The van der Waals surface area contributed by atoms with Crippen molar-refractivity contribution < 1.29 is 0 Å². The molecule has 1 aromatic carbocycles. The molecule has 1 saturated heterocycles. The van der Waals surface area contributed by atoms with Crippen molar-refractivity contribution in [1.29, 1.82) is 0 Å². The second-order valence-electron chi connectivity index (χ2n) is 7.28. The van der Waals surface area contributed by atoms with E-state index in [0.29, 0.717) is 18.1 Å². The van der Waals surface area contributed by atoms with Crippen LogP contribution in [0, 0.1) is 0 Å². The molecule has 24 heavy (non-hydrogen) atoms. The lowest BCUT2D eigenvalue weighted by Crippen LogP contribution is -2.39.